The molecule has 0 bridgehead atoms. The summed E-state index contributed by atoms with van der Waals surface area (Å²) < 4.78 is 26.2. The summed E-state index contributed by atoms with van der Waals surface area (Å²) in [6.07, 6.45) is 0.233. The second-order valence-electron chi connectivity index (χ2n) is 3.95. The molecule has 0 heterocycles. The molecule has 106 valence electrons. The summed E-state index contributed by atoms with van der Waals surface area (Å²) in [7, 11) is -3.40. The molecule has 0 saturated heterocycles. The second kappa shape index (κ2) is 6.91. The lowest BCUT2D eigenvalue weighted by Crippen LogP contribution is -2.33. The first-order chi connectivity index (χ1) is 8.86. The highest BCUT2D eigenvalue weighted by Crippen LogP contribution is 2.22. The first kappa shape index (κ1) is 16.0. The van der Waals surface area contributed by atoms with Crippen molar-refractivity contribution in [2.24, 2.45) is 0 Å². The zero-order valence-corrected chi connectivity index (χ0v) is 12.9. The van der Waals surface area contributed by atoms with Crippen LogP contribution in [0.3, 0.4) is 0 Å². The van der Waals surface area contributed by atoms with Crippen LogP contribution in [0.5, 0.6) is 0 Å². The molecule has 0 fully saturated rings. The third-order valence-electron chi connectivity index (χ3n) is 2.57. The molecule has 0 unspecified atom stereocenters. The highest BCUT2D eigenvalue weighted by molar-refractivity contribution is 9.10. The lowest BCUT2D eigenvalue weighted by Gasteiger charge is -2.23. The van der Waals surface area contributed by atoms with Gasteiger partial charge in [-0.2, -0.15) is 0 Å². The number of nitrogens with zero attached hydrogens (tertiary/aromatic N) is 1. The number of carboxylic acid groups (broad SMARTS) is 1. The van der Waals surface area contributed by atoms with Crippen LogP contribution < -0.4 is 4.31 Å². The van der Waals surface area contributed by atoms with Crippen LogP contribution >= 0.6 is 15.9 Å². The van der Waals surface area contributed by atoms with Crippen LogP contribution in [-0.2, 0) is 14.8 Å². The normalized spacial score (nSPS) is 11.3. The molecule has 7 heteroatoms. The van der Waals surface area contributed by atoms with Gasteiger partial charge in [0.1, 0.15) is 0 Å². The van der Waals surface area contributed by atoms with Gasteiger partial charge >= 0.3 is 5.97 Å². The van der Waals surface area contributed by atoms with Gasteiger partial charge in [-0.1, -0.05) is 15.9 Å². The molecule has 0 saturated carbocycles. The van der Waals surface area contributed by atoms with Crippen molar-refractivity contribution in [1.82, 2.24) is 0 Å². The van der Waals surface area contributed by atoms with Gasteiger partial charge in [0.2, 0.25) is 10.0 Å². The summed E-state index contributed by atoms with van der Waals surface area (Å²) in [4.78, 5) is 10.5. The van der Waals surface area contributed by atoms with Crippen molar-refractivity contribution < 1.29 is 18.3 Å². The van der Waals surface area contributed by atoms with Crippen LogP contribution in [0, 0.1) is 0 Å². The van der Waals surface area contributed by atoms with E-state index in [0.717, 1.165) is 4.47 Å². The number of carboxylic acids is 1. The Morgan fingerprint density at radius 1 is 1.32 bits per heavy atom. The maximum absolute atomic E-state index is 12.0. The third kappa shape index (κ3) is 4.83. The van der Waals surface area contributed by atoms with Crippen LogP contribution in [0.4, 0.5) is 5.69 Å². The SMILES string of the molecule is CCS(=O)(=O)N(CCCC(=O)O)c1ccc(Br)cc1. The monoisotopic (exact) mass is 349 g/mol. The van der Waals surface area contributed by atoms with Crippen LogP contribution in [0.1, 0.15) is 19.8 Å². The Kier molecular flexibility index (Phi) is 5.81. The fourth-order valence-electron chi connectivity index (χ4n) is 1.57. The second-order valence-corrected chi connectivity index (χ2v) is 7.04. The average molecular weight is 350 g/mol. The van der Waals surface area contributed by atoms with E-state index >= 15 is 0 Å². The summed E-state index contributed by atoms with van der Waals surface area (Å²) in [5.74, 6) is -0.944. The Bertz CT molecular complexity index is 527. The zero-order chi connectivity index (χ0) is 14.5. The van der Waals surface area contributed by atoms with E-state index in [1.807, 2.05) is 0 Å². The van der Waals surface area contributed by atoms with Crippen molar-refractivity contribution in [3.05, 3.63) is 28.7 Å². The highest BCUT2D eigenvalue weighted by atomic mass is 79.9. The van der Waals surface area contributed by atoms with Crippen molar-refractivity contribution in [3.63, 3.8) is 0 Å². The molecule has 0 amide bonds. The van der Waals surface area contributed by atoms with E-state index < -0.39 is 16.0 Å². The van der Waals surface area contributed by atoms with Crippen molar-refractivity contribution >= 4 is 37.6 Å². The number of aliphatic carboxylic acids is 1. The van der Waals surface area contributed by atoms with E-state index in [-0.39, 0.29) is 25.1 Å². The number of hydrogen-bond donors (Lipinski definition) is 1. The molecule has 0 aromatic heterocycles. The van der Waals surface area contributed by atoms with Crippen LogP contribution in [0.2, 0.25) is 0 Å². The quantitative estimate of drug-likeness (QED) is 0.820. The standard InChI is InChI=1S/C12H16BrNO4S/c1-2-19(17,18)14(9-3-4-12(15)16)11-7-5-10(13)6-8-11/h5-8H,2-4,9H2,1H3,(H,15,16). The smallest absolute Gasteiger partial charge is 0.303 e. The molecular weight excluding hydrogens is 334 g/mol. The molecule has 1 aromatic carbocycles. The van der Waals surface area contributed by atoms with E-state index in [1.165, 1.54) is 4.31 Å². The summed E-state index contributed by atoms with van der Waals surface area (Å²) in [6.45, 7) is 1.74. The van der Waals surface area contributed by atoms with E-state index in [2.05, 4.69) is 15.9 Å². The third-order valence-corrected chi connectivity index (χ3v) is 4.89. The predicted molar refractivity (Wildman–Crippen MR) is 77.8 cm³/mol. The number of halogens is 1. The molecule has 0 aliphatic carbocycles. The van der Waals surface area contributed by atoms with Gasteiger partial charge in [0.25, 0.3) is 0 Å². The van der Waals surface area contributed by atoms with Crippen LogP contribution in [0.15, 0.2) is 28.7 Å². The number of rotatable bonds is 7. The molecular formula is C12H16BrNO4S. The summed E-state index contributed by atoms with van der Waals surface area (Å²) in [5, 5.41) is 8.62. The minimum atomic E-state index is -3.40. The van der Waals surface area contributed by atoms with Gasteiger partial charge in [0.05, 0.1) is 11.4 Å². The maximum Gasteiger partial charge on any atom is 0.303 e. The van der Waals surface area contributed by atoms with Gasteiger partial charge in [-0.05, 0) is 37.6 Å². The largest absolute Gasteiger partial charge is 0.481 e. The molecule has 1 rings (SSSR count). The Morgan fingerprint density at radius 3 is 2.37 bits per heavy atom. The molecule has 0 aliphatic heterocycles. The zero-order valence-electron chi connectivity index (χ0n) is 10.5. The number of hydrogen-bond acceptors (Lipinski definition) is 3. The molecule has 1 N–H and O–H groups in total. The number of anilines is 1. The molecule has 5 nitrogen and oxygen atoms in total. The van der Waals surface area contributed by atoms with Crippen molar-refractivity contribution in [2.45, 2.75) is 19.8 Å². The van der Waals surface area contributed by atoms with Gasteiger partial charge in [-0.25, -0.2) is 8.42 Å². The number of carbonyl (C=O) groups is 1. The van der Waals surface area contributed by atoms with Crippen LogP contribution in [0.25, 0.3) is 0 Å². The van der Waals surface area contributed by atoms with E-state index in [1.54, 1.807) is 31.2 Å². The minimum absolute atomic E-state index is 0.0177. The van der Waals surface area contributed by atoms with Crippen molar-refractivity contribution in [2.75, 3.05) is 16.6 Å². The van der Waals surface area contributed by atoms with Crippen LogP contribution in [-0.4, -0.2) is 31.8 Å². The molecule has 0 radical (unpaired) electrons. The predicted octanol–water partition coefficient (Wildman–Crippen LogP) is 2.47. The molecule has 0 spiro atoms. The number of sulfonamides is 1. The number of benzene rings is 1. The Hall–Kier alpha value is -1.08. The molecule has 0 aliphatic rings. The Balaban J connectivity index is 2.93. The Labute approximate surface area is 121 Å². The minimum Gasteiger partial charge on any atom is -0.481 e. The van der Waals surface area contributed by atoms with E-state index in [9.17, 15) is 13.2 Å². The summed E-state index contributed by atoms with van der Waals surface area (Å²) in [5.41, 5.74) is 0.551. The first-order valence-electron chi connectivity index (χ1n) is 5.84. The maximum atomic E-state index is 12.0. The average Bonchev–Trinajstić information content (AvgIpc) is 2.35. The van der Waals surface area contributed by atoms with Gasteiger partial charge in [-0.3, -0.25) is 9.10 Å². The van der Waals surface area contributed by atoms with Crippen molar-refractivity contribution in [1.29, 1.82) is 0 Å². The van der Waals surface area contributed by atoms with Gasteiger partial charge in [0.15, 0.2) is 0 Å². The topological polar surface area (TPSA) is 74.7 Å². The summed E-state index contributed by atoms with van der Waals surface area (Å²) >= 11 is 3.29. The molecule has 19 heavy (non-hydrogen) atoms. The van der Waals surface area contributed by atoms with Gasteiger partial charge in [0, 0.05) is 17.4 Å². The molecule has 0 atom stereocenters. The van der Waals surface area contributed by atoms with Crippen molar-refractivity contribution in [3.8, 4) is 0 Å². The van der Waals surface area contributed by atoms with Gasteiger partial charge in [-0.15, -0.1) is 0 Å². The van der Waals surface area contributed by atoms with E-state index in [0.29, 0.717) is 5.69 Å². The first-order valence-corrected chi connectivity index (χ1v) is 8.25. The lowest BCUT2D eigenvalue weighted by atomic mass is 10.3. The van der Waals surface area contributed by atoms with E-state index in [4.69, 9.17) is 5.11 Å². The molecule has 1 aromatic rings. The highest BCUT2D eigenvalue weighted by Gasteiger charge is 2.20. The fraction of sp³-hybridized carbons (Fsp3) is 0.417. The summed E-state index contributed by atoms with van der Waals surface area (Å²) in [6, 6.07) is 6.89. The Morgan fingerprint density at radius 2 is 1.89 bits per heavy atom. The lowest BCUT2D eigenvalue weighted by molar-refractivity contribution is -0.137. The van der Waals surface area contributed by atoms with Gasteiger partial charge < -0.3 is 5.11 Å². The fourth-order valence-corrected chi connectivity index (χ4v) is 2.99.